The third-order valence-electron chi connectivity index (χ3n) is 3.78. The van der Waals surface area contributed by atoms with E-state index in [2.05, 4.69) is 5.32 Å². The van der Waals surface area contributed by atoms with E-state index in [0.717, 1.165) is 32.5 Å². The lowest BCUT2D eigenvalue weighted by molar-refractivity contribution is 0.0686. The van der Waals surface area contributed by atoms with Crippen molar-refractivity contribution in [2.45, 2.75) is 19.3 Å². The molecule has 5 heteroatoms. The van der Waals surface area contributed by atoms with Crippen LogP contribution >= 0.6 is 12.4 Å². The zero-order valence-corrected chi connectivity index (χ0v) is 12.6. The van der Waals surface area contributed by atoms with Gasteiger partial charge in [0.05, 0.1) is 0 Å². The van der Waals surface area contributed by atoms with Crippen molar-refractivity contribution >= 4 is 18.3 Å². The van der Waals surface area contributed by atoms with Crippen molar-refractivity contribution in [3.05, 3.63) is 35.6 Å². The quantitative estimate of drug-likeness (QED) is 0.927. The predicted molar refractivity (Wildman–Crippen MR) is 80.8 cm³/mol. The van der Waals surface area contributed by atoms with Gasteiger partial charge in [0.25, 0.3) is 5.91 Å². The zero-order chi connectivity index (χ0) is 13.7. The van der Waals surface area contributed by atoms with E-state index in [-0.39, 0.29) is 24.1 Å². The maximum Gasteiger partial charge on any atom is 0.253 e. The van der Waals surface area contributed by atoms with E-state index >= 15 is 0 Å². The molecule has 1 fully saturated rings. The highest BCUT2D eigenvalue weighted by atomic mass is 35.5. The molecule has 0 aromatic heterocycles. The number of rotatable bonds is 4. The van der Waals surface area contributed by atoms with Gasteiger partial charge in [-0.15, -0.1) is 12.4 Å². The molecule has 3 nitrogen and oxygen atoms in total. The Morgan fingerprint density at radius 2 is 2.10 bits per heavy atom. The molecule has 0 bridgehead atoms. The van der Waals surface area contributed by atoms with Gasteiger partial charge in [-0.05, 0) is 57.0 Å². The number of likely N-dealkylation sites (tertiary alicyclic amines) is 1. The Morgan fingerprint density at radius 1 is 1.40 bits per heavy atom. The van der Waals surface area contributed by atoms with Gasteiger partial charge >= 0.3 is 0 Å². The van der Waals surface area contributed by atoms with E-state index in [9.17, 15) is 9.18 Å². The van der Waals surface area contributed by atoms with E-state index < -0.39 is 0 Å². The Morgan fingerprint density at radius 3 is 2.70 bits per heavy atom. The molecule has 0 radical (unpaired) electrons. The van der Waals surface area contributed by atoms with E-state index in [1.54, 1.807) is 12.1 Å². The van der Waals surface area contributed by atoms with Crippen molar-refractivity contribution in [3.8, 4) is 0 Å². The third-order valence-corrected chi connectivity index (χ3v) is 3.78. The smallest absolute Gasteiger partial charge is 0.253 e. The molecular weight excluding hydrogens is 279 g/mol. The van der Waals surface area contributed by atoms with Gasteiger partial charge in [0, 0.05) is 18.7 Å². The molecule has 1 aromatic carbocycles. The molecule has 1 saturated heterocycles. The first kappa shape index (κ1) is 16.9. The monoisotopic (exact) mass is 300 g/mol. The van der Waals surface area contributed by atoms with Crippen LogP contribution in [0.3, 0.4) is 0 Å². The number of nitrogens with one attached hydrogen (secondary N) is 1. The maximum atomic E-state index is 13.1. The topological polar surface area (TPSA) is 32.3 Å². The molecule has 2 rings (SSSR count). The fraction of sp³-hybridized carbons (Fsp3) is 0.533. The summed E-state index contributed by atoms with van der Waals surface area (Å²) in [5.41, 5.74) is 0.452. The lowest BCUT2D eigenvalue weighted by Crippen LogP contribution is -2.39. The fourth-order valence-corrected chi connectivity index (χ4v) is 2.58. The van der Waals surface area contributed by atoms with E-state index in [1.165, 1.54) is 18.6 Å². The lowest BCUT2D eigenvalue weighted by atomic mass is 9.93. The molecule has 1 aliphatic rings. The predicted octanol–water partition coefficient (Wildman–Crippen LogP) is 2.71. The van der Waals surface area contributed by atoms with Gasteiger partial charge in [0.2, 0.25) is 0 Å². The summed E-state index contributed by atoms with van der Waals surface area (Å²) < 4.78 is 13.1. The lowest BCUT2D eigenvalue weighted by Gasteiger charge is -2.32. The van der Waals surface area contributed by atoms with Crippen molar-refractivity contribution in [3.63, 3.8) is 0 Å². The summed E-state index contributed by atoms with van der Waals surface area (Å²) in [6.45, 7) is 2.59. The summed E-state index contributed by atoms with van der Waals surface area (Å²) in [5.74, 6) is 0.297. The number of hydrogen-bond donors (Lipinski definition) is 1. The van der Waals surface area contributed by atoms with E-state index in [0.29, 0.717) is 11.5 Å². The summed E-state index contributed by atoms with van der Waals surface area (Å²) in [6.07, 6.45) is 3.25. The molecule has 1 N–H and O–H groups in total. The van der Waals surface area contributed by atoms with Crippen LogP contribution in [0.25, 0.3) is 0 Å². The number of carbonyl (C=O) groups excluding carboxylic acids is 1. The number of nitrogens with zero attached hydrogens (tertiary/aromatic N) is 1. The molecule has 0 atom stereocenters. The second-order valence-electron chi connectivity index (χ2n) is 5.14. The second-order valence-corrected chi connectivity index (χ2v) is 5.14. The van der Waals surface area contributed by atoms with Crippen LogP contribution in [0, 0.1) is 11.7 Å². The highest BCUT2D eigenvalue weighted by Crippen LogP contribution is 2.21. The third kappa shape index (κ3) is 4.46. The molecular formula is C15H22ClFN2O. The summed E-state index contributed by atoms with van der Waals surface area (Å²) in [7, 11) is 1.96. The first-order valence-corrected chi connectivity index (χ1v) is 6.90. The Balaban J connectivity index is 0.00000200. The van der Waals surface area contributed by atoms with Gasteiger partial charge in [-0.25, -0.2) is 4.39 Å². The molecule has 0 aliphatic carbocycles. The summed E-state index contributed by atoms with van der Waals surface area (Å²) in [4.78, 5) is 14.1. The largest absolute Gasteiger partial charge is 0.339 e. The number of carbonyl (C=O) groups is 1. The Labute approximate surface area is 125 Å². The zero-order valence-electron chi connectivity index (χ0n) is 11.8. The van der Waals surface area contributed by atoms with Crippen LogP contribution in [0.1, 0.15) is 29.6 Å². The molecule has 1 amide bonds. The number of hydrogen-bond acceptors (Lipinski definition) is 2. The van der Waals surface area contributed by atoms with Gasteiger partial charge in [0.1, 0.15) is 5.82 Å². The van der Waals surface area contributed by atoms with Gasteiger partial charge < -0.3 is 10.2 Å². The minimum atomic E-state index is -0.352. The van der Waals surface area contributed by atoms with Crippen LogP contribution in [-0.2, 0) is 0 Å². The first-order valence-electron chi connectivity index (χ1n) is 6.90. The normalized spacial score (nSPS) is 15.8. The Hall–Kier alpha value is -1.13. The first-order chi connectivity index (χ1) is 9.20. The van der Waals surface area contributed by atoms with E-state index in [1.807, 2.05) is 11.9 Å². The number of halogens is 2. The van der Waals surface area contributed by atoms with Crippen LogP contribution in [-0.4, -0.2) is 37.5 Å². The Kier molecular flexibility index (Phi) is 6.96. The number of benzene rings is 1. The van der Waals surface area contributed by atoms with Crippen molar-refractivity contribution in [1.29, 1.82) is 0 Å². The van der Waals surface area contributed by atoms with Crippen LogP contribution < -0.4 is 5.32 Å². The Bertz CT molecular complexity index is 434. The fourth-order valence-electron chi connectivity index (χ4n) is 2.58. The molecule has 0 spiro atoms. The summed E-state index contributed by atoms with van der Waals surface area (Å²) >= 11 is 0. The molecule has 0 saturated carbocycles. The molecule has 1 aliphatic heterocycles. The standard InChI is InChI=1S/C15H21FN2O.ClH/c1-17-8-5-12-6-9-18(10-7-12)15(19)13-3-2-4-14(16)11-13;/h2-4,11-12,17H,5-10H2,1H3;1H. The average Bonchev–Trinajstić information content (AvgIpc) is 2.45. The maximum absolute atomic E-state index is 13.1. The van der Waals surface area contributed by atoms with Gasteiger partial charge in [-0.1, -0.05) is 6.07 Å². The average molecular weight is 301 g/mol. The minimum absolute atomic E-state index is 0. The highest BCUT2D eigenvalue weighted by molar-refractivity contribution is 5.94. The molecule has 112 valence electrons. The van der Waals surface area contributed by atoms with Crippen LogP contribution in [0.5, 0.6) is 0 Å². The number of amides is 1. The van der Waals surface area contributed by atoms with Gasteiger partial charge in [-0.3, -0.25) is 4.79 Å². The molecule has 1 aromatic rings. The second kappa shape index (κ2) is 8.22. The van der Waals surface area contributed by atoms with Gasteiger partial charge in [0.15, 0.2) is 0 Å². The van der Waals surface area contributed by atoms with Crippen molar-refractivity contribution in [1.82, 2.24) is 10.2 Å². The van der Waals surface area contributed by atoms with Crippen molar-refractivity contribution < 1.29 is 9.18 Å². The van der Waals surface area contributed by atoms with Crippen LogP contribution in [0.15, 0.2) is 24.3 Å². The summed E-state index contributed by atoms with van der Waals surface area (Å²) in [5, 5.41) is 3.16. The summed E-state index contributed by atoms with van der Waals surface area (Å²) in [6, 6.07) is 5.94. The molecule has 0 unspecified atom stereocenters. The number of piperidine rings is 1. The van der Waals surface area contributed by atoms with Crippen LogP contribution in [0.2, 0.25) is 0 Å². The van der Waals surface area contributed by atoms with Crippen LogP contribution in [0.4, 0.5) is 4.39 Å². The minimum Gasteiger partial charge on any atom is -0.339 e. The van der Waals surface area contributed by atoms with Crippen molar-refractivity contribution in [2.24, 2.45) is 5.92 Å². The highest BCUT2D eigenvalue weighted by Gasteiger charge is 2.23. The SMILES string of the molecule is CNCCC1CCN(C(=O)c2cccc(F)c2)CC1.Cl. The molecule has 1 heterocycles. The molecule has 20 heavy (non-hydrogen) atoms. The van der Waals surface area contributed by atoms with Gasteiger partial charge in [-0.2, -0.15) is 0 Å². The van der Waals surface area contributed by atoms with E-state index in [4.69, 9.17) is 0 Å². The van der Waals surface area contributed by atoms with Crippen molar-refractivity contribution in [2.75, 3.05) is 26.7 Å².